The zero-order chi connectivity index (χ0) is 13.1. The minimum absolute atomic E-state index is 0.0312. The average molecular weight is 313 g/mol. The average Bonchev–Trinajstić information content (AvgIpc) is 2.76. The van der Waals surface area contributed by atoms with Gasteiger partial charge in [0, 0.05) is 22.4 Å². The van der Waals surface area contributed by atoms with Gasteiger partial charge >= 0.3 is 0 Å². The van der Waals surface area contributed by atoms with Crippen molar-refractivity contribution in [2.45, 2.75) is 25.9 Å². The zero-order valence-electron chi connectivity index (χ0n) is 10.6. The van der Waals surface area contributed by atoms with Crippen LogP contribution in [0.4, 0.5) is 0 Å². The standard InChI is InChI=1S/C14H17BrO3/c1-9-5-11(8-18-9)13(16)7-10-6-12(15)3-4-14(10)17-2/h3-4,6,9,11H,5,7-8H2,1-2H3. The summed E-state index contributed by atoms with van der Waals surface area (Å²) >= 11 is 3.42. The Bertz CT molecular complexity index is 445. The van der Waals surface area contributed by atoms with E-state index in [0.717, 1.165) is 22.2 Å². The Hall–Kier alpha value is -0.870. The molecule has 1 heterocycles. The Morgan fingerprint density at radius 3 is 2.94 bits per heavy atom. The molecule has 1 aromatic carbocycles. The number of Topliss-reactive ketones (excluding diaryl/α,β-unsaturated/α-hetero) is 1. The van der Waals surface area contributed by atoms with Crippen LogP contribution >= 0.6 is 15.9 Å². The third-order valence-electron chi connectivity index (χ3n) is 3.26. The molecule has 0 aliphatic carbocycles. The maximum atomic E-state index is 12.2. The highest BCUT2D eigenvalue weighted by Gasteiger charge is 2.28. The molecule has 0 amide bonds. The first-order chi connectivity index (χ1) is 8.60. The molecule has 2 rings (SSSR count). The van der Waals surface area contributed by atoms with Gasteiger partial charge in [0.05, 0.1) is 19.8 Å². The molecule has 1 fully saturated rings. The fraction of sp³-hybridized carbons (Fsp3) is 0.500. The molecule has 0 N–H and O–H groups in total. The van der Waals surface area contributed by atoms with E-state index >= 15 is 0 Å². The van der Waals surface area contributed by atoms with E-state index in [2.05, 4.69) is 15.9 Å². The third-order valence-corrected chi connectivity index (χ3v) is 3.75. The van der Waals surface area contributed by atoms with Crippen LogP contribution in [0.5, 0.6) is 5.75 Å². The predicted octanol–water partition coefficient (Wildman–Crippen LogP) is 2.99. The highest BCUT2D eigenvalue weighted by atomic mass is 79.9. The molecular formula is C14H17BrO3. The first-order valence-electron chi connectivity index (χ1n) is 6.07. The van der Waals surface area contributed by atoms with Gasteiger partial charge in [0.15, 0.2) is 0 Å². The molecule has 2 atom stereocenters. The second-order valence-corrected chi connectivity index (χ2v) is 5.59. The first kappa shape index (κ1) is 13.6. The Morgan fingerprint density at radius 2 is 2.33 bits per heavy atom. The van der Waals surface area contributed by atoms with Gasteiger partial charge < -0.3 is 9.47 Å². The number of benzene rings is 1. The van der Waals surface area contributed by atoms with Crippen LogP contribution in [0.3, 0.4) is 0 Å². The van der Waals surface area contributed by atoms with Crippen molar-refractivity contribution < 1.29 is 14.3 Å². The molecule has 1 aromatic rings. The highest BCUT2D eigenvalue weighted by molar-refractivity contribution is 9.10. The number of carbonyl (C=O) groups is 1. The van der Waals surface area contributed by atoms with E-state index in [0.29, 0.717) is 13.0 Å². The van der Waals surface area contributed by atoms with Gasteiger partial charge in [0.1, 0.15) is 11.5 Å². The second-order valence-electron chi connectivity index (χ2n) is 4.68. The number of hydrogen-bond donors (Lipinski definition) is 0. The van der Waals surface area contributed by atoms with Crippen LogP contribution in [0.2, 0.25) is 0 Å². The maximum Gasteiger partial charge on any atom is 0.142 e. The van der Waals surface area contributed by atoms with Crippen LogP contribution in [0, 0.1) is 5.92 Å². The summed E-state index contributed by atoms with van der Waals surface area (Å²) in [4.78, 5) is 12.2. The summed E-state index contributed by atoms with van der Waals surface area (Å²) in [7, 11) is 1.62. The lowest BCUT2D eigenvalue weighted by Crippen LogP contribution is -2.17. The van der Waals surface area contributed by atoms with Crippen LogP contribution < -0.4 is 4.74 Å². The lowest BCUT2D eigenvalue weighted by molar-refractivity contribution is -0.122. The van der Waals surface area contributed by atoms with Crippen molar-refractivity contribution in [2.24, 2.45) is 5.92 Å². The van der Waals surface area contributed by atoms with E-state index in [1.54, 1.807) is 7.11 Å². The van der Waals surface area contributed by atoms with Gasteiger partial charge in [0.2, 0.25) is 0 Å². The van der Waals surface area contributed by atoms with E-state index in [9.17, 15) is 4.79 Å². The number of methoxy groups -OCH3 is 1. The molecule has 0 aromatic heterocycles. The first-order valence-corrected chi connectivity index (χ1v) is 6.86. The molecule has 0 spiro atoms. The monoisotopic (exact) mass is 312 g/mol. The van der Waals surface area contributed by atoms with Crippen molar-refractivity contribution >= 4 is 21.7 Å². The van der Waals surface area contributed by atoms with Crippen molar-refractivity contribution in [3.63, 3.8) is 0 Å². The lowest BCUT2D eigenvalue weighted by atomic mass is 9.95. The largest absolute Gasteiger partial charge is 0.496 e. The highest BCUT2D eigenvalue weighted by Crippen LogP contribution is 2.26. The summed E-state index contributed by atoms with van der Waals surface area (Å²) in [6.07, 6.45) is 1.43. The molecule has 4 heteroatoms. The van der Waals surface area contributed by atoms with Gasteiger partial charge in [-0.25, -0.2) is 0 Å². The van der Waals surface area contributed by atoms with E-state index in [1.807, 2.05) is 25.1 Å². The summed E-state index contributed by atoms with van der Waals surface area (Å²) in [5.74, 6) is 1.03. The number of hydrogen-bond acceptors (Lipinski definition) is 3. The Kier molecular flexibility index (Phi) is 4.40. The fourth-order valence-corrected chi connectivity index (χ4v) is 2.67. The van der Waals surface area contributed by atoms with Gasteiger partial charge in [-0.2, -0.15) is 0 Å². The van der Waals surface area contributed by atoms with Crippen molar-refractivity contribution in [1.29, 1.82) is 0 Å². The van der Waals surface area contributed by atoms with Gasteiger partial charge in [-0.05, 0) is 31.5 Å². The molecule has 0 saturated carbocycles. The van der Waals surface area contributed by atoms with Crippen molar-refractivity contribution in [2.75, 3.05) is 13.7 Å². The topological polar surface area (TPSA) is 35.5 Å². The minimum atomic E-state index is 0.0312. The maximum absolute atomic E-state index is 12.2. The Balaban J connectivity index is 2.09. The van der Waals surface area contributed by atoms with Crippen molar-refractivity contribution in [3.05, 3.63) is 28.2 Å². The molecule has 0 bridgehead atoms. The van der Waals surface area contributed by atoms with Crippen LogP contribution in [-0.2, 0) is 16.0 Å². The lowest BCUT2D eigenvalue weighted by Gasteiger charge is -2.11. The normalized spacial score (nSPS) is 23.1. The van der Waals surface area contributed by atoms with E-state index in [-0.39, 0.29) is 17.8 Å². The fourth-order valence-electron chi connectivity index (χ4n) is 2.26. The zero-order valence-corrected chi connectivity index (χ0v) is 12.2. The van der Waals surface area contributed by atoms with Crippen LogP contribution in [0.25, 0.3) is 0 Å². The smallest absolute Gasteiger partial charge is 0.142 e. The number of carbonyl (C=O) groups excluding carboxylic acids is 1. The molecular weight excluding hydrogens is 296 g/mol. The van der Waals surface area contributed by atoms with E-state index in [4.69, 9.17) is 9.47 Å². The van der Waals surface area contributed by atoms with Crippen molar-refractivity contribution in [3.8, 4) is 5.75 Å². The Labute approximate surface area is 116 Å². The molecule has 2 unspecified atom stereocenters. The summed E-state index contributed by atoms with van der Waals surface area (Å²) in [6.45, 7) is 2.56. The van der Waals surface area contributed by atoms with Crippen LogP contribution in [0.15, 0.2) is 22.7 Å². The van der Waals surface area contributed by atoms with E-state index in [1.165, 1.54) is 0 Å². The summed E-state index contributed by atoms with van der Waals surface area (Å²) in [5, 5.41) is 0. The molecule has 18 heavy (non-hydrogen) atoms. The SMILES string of the molecule is COc1ccc(Br)cc1CC(=O)C1COC(C)C1. The third kappa shape index (κ3) is 3.12. The van der Waals surface area contributed by atoms with Crippen LogP contribution in [0.1, 0.15) is 18.9 Å². The van der Waals surface area contributed by atoms with Gasteiger partial charge in [-0.1, -0.05) is 15.9 Å². The summed E-state index contributed by atoms with van der Waals surface area (Å²) < 4.78 is 11.7. The molecule has 1 aliphatic rings. The predicted molar refractivity (Wildman–Crippen MR) is 72.9 cm³/mol. The van der Waals surface area contributed by atoms with E-state index < -0.39 is 0 Å². The van der Waals surface area contributed by atoms with Crippen LogP contribution in [-0.4, -0.2) is 25.6 Å². The summed E-state index contributed by atoms with van der Waals surface area (Å²) in [6, 6.07) is 5.73. The quantitative estimate of drug-likeness (QED) is 0.857. The van der Waals surface area contributed by atoms with Gasteiger partial charge in [-0.15, -0.1) is 0 Å². The number of ketones is 1. The van der Waals surface area contributed by atoms with Gasteiger partial charge in [-0.3, -0.25) is 4.79 Å². The van der Waals surface area contributed by atoms with Gasteiger partial charge in [0.25, 0.3) is 0 Å². The molecule has 98 valence electrons. The number of rotatable bonds is 4. The molecule has 3 nitrogen and oxygen atoms in total. The number of ether oxygens (including phenoxy) is 2. The number of halogens is 1. The Morgan fingerprint density at radius 1 is 1.56 bits per heavy atom. The molecule has 1 aliphatic heterocycles. The second kappa shape index (κ2) is 5.85. The molecule has 1 saturated heterocycles. The van der Waals surface area contributed by atoms with Crippen molar-refractivity contribution in [1.82, 2.24) is 0 Å². The summed E-state index contributed by atoms with van der Waals surface area (Å²) in [5.41, 5.74) is 0.927. The molecule has 0 radical (unpaired) electrons. The minimum Gasteiger partial charge on any atom is -0.496 e.